The second-order valence-corrected chi connectivity index (χ2v) is 3.84. The minimum absolute atomic E-state index is 0.0106. The maximum absolute atomic E-state index is 7.53. The van der Waals surface area contributed by atoms with Crippen molar-refractivity contribution in [3.8, 4) is 5.75 Å². The van der Waals surface area contributed by atoms with Gasteiger partial charge in [0.2, 0.25) is 0 Å². The molecule has 0 spiro atoms. The van der Waals surface area contributed by atoms with Gasteiger partial charge in [0.25, 0.3) is 0 Å². The Kier molecular flexibility index (Phi) is 4.28. The van der Waals surface area contributed by atoms with Crippen LogP contribution in [0.15, 0.2) is 6.07 Å². The predicted molar refractivity (Wildman–Crippen MR) is 65.1 cm³/mol. The van der Waals surface area contributed by atoms with Crippen molar-refractivity contribution in [2.75, 3.05) is 6.61 Å². The number of rotatable bonds is 5. The number of nitrogen functional groups attached to an aromatic ring is 1. The Morgan fingerprint density at radius 1 is 1.50 bits per heavy atom. The second kappa shape index (κ2) is 5.49. The summed E-state index contributed by atoms with van der Waals surface area (Å²) < 4.78 is 5.64. The van der Waals surface area contributed by atoms with E-state index in [0.29, 0.717) is 17.9 Å². The number of hydrogen-bond acceptors (Lipinski definition) is 3. The second-order valence-electron chi connectivity index (χ2n) is 3.84. The number of amidine groups is 1. The number of hydrogen-bond donors (Lipinski definition) is 2. The fourth-order valence-electron chi connectivity index (χ4n) is 1.56. The lowest BCUT2D eigenvalue weighted by Gasteiger charge is -2.13. The highest BCUT2D eigenvalue weighted by Crippen LogP contribution is 2.21. The molecule has 0 aliphatic heterocycles. The molecule has 0 unspecified atom stereocenters. The third-order valence-electron chi connectivity index (χ3n) is 2.32. The van der Waals surface area contributed by atoms with Crippen molar-refractivity contribution < 1.29 is 4.74 Å². The van der Waals surface area contributed by atoms with Gasteiger partial charge in [-0.2, -0.15) is 0 Å². The van der Waals surface area contributed by atoms with Crippen LogP contribution in [0.5, 0.6) is 5.75 Å². The molecule has 1 aromatic rings. The van der Waals surface area contributed by atoms with Gasteiger partial charge in [0.1, 0.15) is 11.6 Å². The number of nitrogens with two attached hydrogens (primary N) is 1. The van der Waals surface area contributed by atoms with Gasteiger partial charge in [0.05, 0.1) is 17.9 Å². The zero-order valence-electron chi connectivity index (χ0n) is 10.1. The van der Waals surface area contributed by atoms with Crippen LogP contribution in [0, 0.1) is 19.3 Å². The molecule has 0 bridgehead atoms. The van der Waals surface area contributed by atoms with Gasteiger partial charge >= 0.3 is 0 Å². The standard InChI is InChI=1S/C12H19N3O/c1-4-5-6-16-10-7-8(2)15-9(3)11(10)12(13)14/h7H,4-6H2,1-3H3,(H3,13,14). The van der Waals surface area contributed by atoms with Gasteiger partial charge in [-0.1, -0.05) is 13.3 Å². The average molecular weight is 221 g/mol. The van der Waals surface area contributed by atoms with Crippen LogP contribution in [0.2, 0.25) is 0 Å². The van der Waals surface area contributed by atoms with Crippen LogP contribution >= 0.6 is 0 Å². The number of nitrogens with one attached hydrogen (secondary N) is 1. The van der Waals surface area contributed by atoms with Gasteiger partial charge in [-0.3, -0.25) is 10.4 Å². The maximum Gasteiger partial charge on any atom is 0.133 e. The van der Waals surface area contributed by atoms with Crippen molar-refractivity contribution in [2.24, 2.45) is 5.73 Å². The number of nitrogens with zero attached hydrogens (tertiary/aromatic N) is 1. The van der Waals surface area contributed by atoms with Gasteiger partial charge in [0, 0.05) is 11.8 Å². The lowest BCUT2D eigenvalue weighted by atomic mass is 10.1. The molecule has 4 nitrogen and oxygen atoms in total. The van der Waals surface area contributed by atoms with Gasteiger partial charge in [-0.05, 0) is 20.3 Å². The van der Waals surface area contributed by atoms with E-state index in [0.717, 1.165) is 24.2 Å². The Morgan fingerprint density at radius 2 is 2.19 bits per heavy atom. The Morgan fingerprint density at radius 3 is 2.75 bits per heavy atom. The molecule has 0 aliphatic rings. The fraction of sp³-hybridized carbons (Fsp3) is 0.500. The topological polar surface area (TPSA) is 72.0 Å². The summed E-state index contributed by atoms with van der Waals surface area (Å²) >= 11 is 0. The minimum Gasteiger partial charge on any atom is -0.493 e. The number of ether oxygens (including phenoxy) is 1. The molecule has 1 heterocycles. The molecule has 0 atom stereocenters. The zero-order chi connectivity index (χ0) is 12.1. The highest BCUT2D eigenvalue weighted by Gasteiger charge is 2.12. The smallest absolute Gasteiger partial charge is 0.133 e. The van der Waals surface area contributed by atoms with Crippen LogP contribution in [0.4, 0.5) is 0 Å². The Labute approximate surface area is 96.3 Å². The van der Waals surface area contributed by atoms with E-state index in [2.05, 4.69) is 11.9 Å². The molecule has 88 valence electrons. The highest BCUT2D eigenvalue weighted by molar-refractivity contribution is 5.98. The molecule has 0 saturated heterocycles. The first-order valence-electron chi connectivity index (χ1n) is 5.51. The van der Waals surface area contributed by atoms with E-state index in [1.165, 1.54) is 0 Å². The van der Waals surface area contributed by atoms with E-state index >= 15 is 0 Å². The van der Waals surface area contributed by atoms with Crippen molar-refractivity contribution in [1.82, 2.24) is 4.98 Å². The molecular weight excluding hydrogens is 202 g/mol. The van der Waals surface area contributed by atoms with Crippen molar-refractivity contribution in [1.29, 1.82) is 5.41 Å². The Bertz CT molecular complexity index is 388. The number of aryl methyl sites for hydroxylation is 2. The normalized spacial score (nSPS) is 10.2. The molecule has 0 amide bonds. The summed E-state index contributed by atoms with van der Waals surface area (Å²) in [6.07, 6.45) is 2.08. The van der Waals surface area contributed by atoms with E-state index in [9.17, 15) is 0 Å². The summed E-state index contributed by atoms with van der Waals surface area (Å²) in [5, 5.41) is 7.53. The lowest BCUT2D eigenvalue weighted by molar-refractivity contribution is 0.308. The summed E-state index contributed by atoms with van der Waals surface area (Å²) in [7, 11) is 0. The maximum atomic E-state index is 7.53. The first-order chi connectivity index (χ1) is 7.56. The van der Waals surface area contributed by atoms with Crippen molar-refractivity contribution in [2.45, 2.75) is 33.6 Å². The van der Waals surface area contributed by atoms with Crippen LogP contribution in [0.3, 0.4) is 0 Å². The lowest BCUT2D eigenvalue weighted by Crippen LogP contribution is -2.16. The molecule has 16 heavy (non-hydrogen) atoms. The molecule has 0 aromatic carbocycles. The van der Waals surface area contributed by atoms with E-state index in [1.54, 1.807) is 0 Å². The molecule has 0 radical (unpaired) electrons. The summed E-state index contributed by atoms with van der Waals surface area (Å²) in [6, 6.07) is 1.83. The Balaban J connectivity index is 2.99. The summed E-state index contributed by atoms with van der Waals surface area (Å²) in [5.74, 6) is 0.683. The van der Waals surface area contributed by atoms with Gasteiger partial charge in [0.15, 0.2) is 0 Å². The highest BCUT2D eigenvalue weighted by atomic mass is 16.5. The largest absolute Gasteiger partial charge is 0.493 e. The minimum atomic E-state index is 0.0106. The van der Waals surface area contributed by atoms with Gasteiger partial charge < -0.3 is 10.5 Å². The molecule has 0 saturated carbocycles. The van der Waals surface area contributed by atoms with E-state index in [1.807, 2.05) is 19.9 Å². The molecule has 4 heteroatoms. The third kappa shape index (κ3) is 2.95. The number of aromatic nitrogens is 1. The fourth-order valence-corrected chi connectivity index (χ4v) is 1.56. The van der Waals surface area contributed by atoms with Crippen LogP contribution < -0.4 is 10.5 Å². The SMILES string of the molecule is CCCCOc1cc(C)nc(C)c1C(=N)N. The third-order valence-corrected chi connectivity index (χ3v) is 2.32. The van der Waals surface area contributed by atoms with E-state index in [-0.39, 0.29) is 5.84 Å². The molecular formula is C12H19N3O. The van der Waals surface area contributed by atoms with Crippen molar-refractivity contribution >= 4 is 5.84 Å². The predicted octanol–water partition coefficient (Wildman–Crippen LogP) is 2.16. The molecule has 1 rings (SSSR count). The summed E-state index contributed by atoms with van der Waals surface area (Å²) in [4.78, 5) is 4.28. The van der Waals surface area contributed by atoms with Crippen LogP contribution in [0.1, 0.15) is 36.7 Å². The molecule has 3 N–H and O–H groups in total. The monoisotopic (exact) mass is 221 g/mol. The molecule has 0 aliphatic carbocycles. The van der Waals surface area contributed by atoms with Crippen LogP contribution in [-0.4, -0.2) is 17.4 Å². The molecule has 1 aromatic heterocycles. The molecule has 0 fully saturated rings. The first-order valence-corrected chi connectivity index (χ1v) is 5.51. The first kappa shape index (κ1) is 12.5. The summed E-state index contributed by atoms with van der Waals surface area (Å²) in [6.45, 7) is 6.51. The van der Waals surface area contributed by atoms with Gasteiger partial charge in [-0.15, -0.1) is 0 Å². The Hall–Kier alpha value is -1.58. The average Bonchev–Trinajstić information content (AvgIpc) is 2.16. The quantitative estimate of drug-likeness (QED) is 0.454. The van der Waals surface area contributed by atoms with E-state index in [4.69, 9.17) is 15.9 Å². The summed E-state index contributed by atoms with van der Waals surface area (Å²) in [5.41, 5.74) is 7.78. The van der Waals surface area contributed by atoms with Crippen molar-refractivity contribution in [3.05, 3.63) is 23.0 Å². The van der Waals surface area contributed by atoms with Crippen LogP contribution in [-0.2, 0) is 0 Å². The van der Waals surface area contributed by atoms with E-state index < -0.39 is 0 Å². The van der Waals surface area contributed by atoms with Gasteiger partial charge in [-0.25, -0.2) is 0 Å². The number of pyridine rings is 1. The van der Waals surface area contributed by atoms with Crippen molar-refractivity contribution in [3.63, 3.8) is 0 Å². The zero-order valence-corrected chi connectivity index (χ0v) is 10.1. The van der Waals surface area contributed by atoms with Crippen LogP contribution in [0.25, 0.3) is 0 Å². The number of unbranched alkanes of at least 4 members (excludes halogenated alkanes) is 1.